The Morgan fingerprint density at radius 2 is 2.17 bits per heavy atom. The summed E-state index contributed by atoms with van der Waals surface area (Å²) >= 11 is 0. The summed E-state index contributed by atoms with van der Waals surface area (Å²) in [6.45, 7) is 4.71. The van der Waals surface area contributed by atoms with E-state index in [1.165, 1.54) is 12.7 Å². The van der Waals surface area contributed by atoms with E-state index >= 15 is 0 Å². The molecule has 1 saturated carbocycles. The topological polar surface area (TPSA) is 110 Å². The predicted octanol–water partition coefficient (Wildman–Crippen LogP) is 4.69. The van der Waals surface area contributed by atoms with Gasteiger partial charge in [0, 0.05) is 23.9 Å². The monoisotopic (exact) mass is 476 g/mol. The van der Waals surface area contributed by atoms with Crippen molar-refractivity contribution in [1.82, 2.24) is 15.5 Å². The van der Waals surface area contributed by atoms with Crippen molar-refractivity contribution in [3.8, 4) is 23.3 Å². The van der Waals surface area contributed by atoms with Gasteiger partial charge in [-0.05, 0) is 75.8 Å². The summed E-state index contributed by atoms with van der Waals surface area (Å²) < 4.78 is 16.0. The minimum Gasteiger partial charge on any atom is -0.490 e. The molecule has 0 aliphatic heterocycles. The first kappa shape index (κ1) is 24.7. The lowest BCUT2D eigenvalue weighted by molar-refractivity contribution is -0.140. The molecule has 3 unspecified atom stereocenters. The lowest BCUT2D eigenvalue weighted by Crippen LogP contribution is -2.30. The molecule has 2 aliphatic rings. The van der Waals surface area contributed by atoms with E-state index in [1.54, 1.807) is 12.1 Å². The van der Waals surface area contributed by atoms with Gasteiger partial charge in [0.1, 0.15) is 11.8 Å². The number of allylic oxidation sites excluding steroid dienone is 3. The Morgan fingerprint density at radius 1 is 1.31 bits per heavy atom. The zero-order chi connectivity index (χ0) is 24.8. The SMILES string of the molecule is COC(=O)CCCCNC1CCC2C1=CC=CC2c1noc(-c2ccc(OC(C)C)c(C#N)c2)n1. The van der Waals surface area contributed by atoms with Gasteiger partial charge in [-0.25, -0.2) is 0 Å². The highest BCUT2D eigenvalue weighted by Gasteiger charge is 2.38. The van der Waals surface area contributed by atoms with Crippen molar-refractivity contribution in [3.63, 3.8) is 0 Å². The molecule has 4 rings (SSSR count). The number of methoxy groups -OCH3 is 1. The number of fused-ring (bicyclic) bond motifs is 1. The lowest BCUT2D eigenvalue weighted by atomic mass is 9.83. The number of esters is 1. The van der Waals surface area contributed by atoms with Gasteiger partial charge in [-0.15, -0.1) is 0 Å². The number of carbonyl (C=O) groups excluding carboxylic acids is 1. The molecule has 8 nitrogen and oxygen atoms in total. The van der Waals surface area contributed by atoms with Crippen LogP contribution >= 0.6 is 0 Å². The minimum absolute atomic E-state index is 0.0205. The van der Waals surface area contributed by atoms with Crippen molar-refractivity contribution in [2.24, 2.45) is 5.92 Å². The Bertz CT molecular complexity index is 1140. The Kier molecular flexibility index (Phi) is 7.98. The van der Waals surface area contributed by atoms with Crippen molar-refractivity contribution < 1.29 is 18.8 Å². The number of unbranched alkanes of at least 4 members (excludes halogenated alkanes) is 1. The average molecular weight is 477 g/mol. The third-order valence-corrected chi connectivity index (χ3v) is 6.51. The molecule has 1 N–H and O–H groups in total. The maximum atomic E-state index is 11.3. The second kappa shape index (κ2) is 11.3. The molecule has 2 aliphatic carbocycles. The molecule has 0 amide bonds. The first-order valence-corrected chi connectivity index (χ1v) is 12.2. The van der Waals surface area contributed by atoms with Crippen LogP contribution < -0.4 is 10.1 Å². The molecular formula is C27H32N4O4. The quantitative estimate of drug-likeness (QED) is 0.389. The first-order chi connectivity index (χ1) is 17.0. The molecule has 1 fully saturated rings. The van der Waals surface area contributed by atoms with E-state index in [2.05, 4.69) is 34.8 Å². The molecular weight excluding hydrogens is 444 g/mol. The van der Waals surface area contributed by atoms with E-state index < -0.39 is 0 Å². The van der Waals surface area contributed by atoms with Crippen molar-refractivity contribution in [2.75, 3.05) is 13.7 Å². The number of nitrogens with one attached hydrogen (secondary N) is 1. The Labute approximate surface area is 206 Å². The number of benzene rings is 1. The molecule has 2 aromatic rings. The van der Waals surface area contributed by atoms with Gasteiger partial charge in [-0.1, -0.05) is 23.4 Å². The van der Waals surface area contributed by atoms with Crippen molar-refractivity contribution in [2.45, 2.75) is 64.0 Å². The van der Waals surface area contributed by atoms with Gasteiger partial charge in [0.15, 0.2) is 5.82 Å². The summed E-state index contributed by atoms with van der Waals surface area (Å²) in [5.41, 5.74) is 2.51. The number of nitriles is 1. The summed E-state index contributed by atoms with van der Waals surface area (Å²) in [7, 11) is 1.42. The van der Waals surface area contributed by atoms with Crippen LogP contribution in [0.2, 0.25) is 0 Å². The molecule has 3 atom stereocenters. The largest absolute Gasteiger partial charge is 0.490 e. The van der Waals surface area contributed by atoms with Crippen LogP contribution in [0.15, 0.2) is 46.5 Å². The fourth-order valence-electron chi connectivity index (χ4n) is 4.84. The van der Waals surface area contributed by atoms with Crippen LogP contribution in [-0.2, 0) is 9.53 Å². The van der Waals surface area contributed by atoms with E-state index in [9.17, 15) is 10.1 Å². The van der Waals surface area contributed by atoms with Crippen LogP contribution in [-0.4, -0.2) is 41.9 Å². The minimum atomic E-state index is -0.155. The first-order valence-electron chi connectivity index (χ1n) is 12.2. The number of aromatic nitrogens is 2. The normalized spacial score (nSPS) is 20.9. The van der Waals surface area contributed by atoms with E-state index in [0.717, 1.165) is 32.2 Å². The van der Waals surface area contributed by atoms with Crippen molar-refractivity contribution >= 4 is 5.97 Å². The summed E-state index contributed by atoms with van der Waals surface area (Å²) in [6.07, 6.45) is 10.7. The molecule has 0 bridgehead atoms. The van der Waals surface area contributed by atoms with Gasteiger partial charge in [-0.3, -0.25) is 4.79 Å². The molecule has 184 valence electrons. The van der Waals surface area contributed by atoms with Gasteiger partial charge in [0.25, 0.3) is 5.89 Å². The van der Waals surface area contributed by atoms with Gasteiger partial charge >= 0.3 is 5.97 Å². The molecule has 0 spiro atoms. The van der Waals surface area contributed by atoms with Gasteiger partial charge < -0.3 is 19.3 Å². The number of nitrogens with zero attached hydrogens (tertiary/aromatic N) is 3. The van der Waals surface area contributed by atoms with Crippen molar-refractivity contribution in [1.29, 1.82) is 5.26 Å². The van der Waals surface area contributed by atoms with Crippen LogP contribution in [0.4, 0.5) is 0 Å². The molecule has 1 heterocycles. The van der Waals surface area contributed by atoms with Crippen molar-refractivity contribution in [3.05, 3.63) is 53.4 Å². The van der Waals surface area contributed by atoms with E-state index in [-0.39, 0.29) is 18.0 Å². The third-order valence-electron chi connectivity index (χ3n) is 6.51. The summed E-state index contributed by atoms with van der Waals surface area (Å²) in [6, 6.07) is 7.85. The number of hydrogen-bond acceptors (Lipinski definition) is 8. The predicted molar refractivity (Wildman–Crippen MR) is 131 cm³/mol. The molecule has 35 heavy (non-hydrogen) atoms. The maximum absolute atomic E-state index is 11.3. The second-order valence-corrected chi connectivity index (χ2v) is 9.25. The fourth-order valence-corrected chi connectivity index (χ4v) is 4.84. The summed E-state index contributed by atoms with van der Waals surface area (Å²) in [4.78, 5) is 16.0. The highest BCUT2D eigenvalue weighted by molar-refractivity contribution is 5.69. The highest BCUT2D eigenvalue weighted by atomic mass is 16.5. The highest BCUT2D eigenvalue weighted by Crippen LogP contribution is 2.44. The van der Waals surface area contributed by atoms with Gasteiger partial charge in [0.2, 0.25) is 0 Å². The lowest BCUT2D eigenvalue weighted by Gasteiger charge is -2.24. The number of ether oxygens (including phenoxy) is 2. The zero-order valence-electron chi connectivity index (χ0n) is 20.5. The van der Waals surface area contributed by atoms with Crippen LogP contribution in [0.1, 0.15) is 63.3 Å². The molecule has 1 aromatic carbocycles. The van der Waals surface area contributed by atoms with Crippen LogP contribution in [0.5, 0.6) is 5.75 Å². The molecule has 0 saturated heterocycles. The zero-order valence-corrected chi connectivity index (χ0v) is 20.5. The fraction of sp³-hybridized carbons (Fsp3) is 0.481. The van der Waals surface area contributed by atoms with Crippen LogP contribution in [0.3, 0.4) is 0 Å². The number of rotatable bonds is 10. The average Bonchev–Trinajstić information content (AvgIpc) is 3.51. The summed E-state index contributed by atoms with van der Waals surface area (Å²) in [5.74, 6) is 1.83. The Morgan fingerprint density at radius 3 is 2.94 bits per heavy atom. The number of carbonyl (C=O) groups is 1. The molecule has 1 aromatic heterocycles. The molecule has 8 heteroatoms. The Balaban J connectivity index is 1.40. The van der Waals surface area contributed by atoms with Crippen LogP contribution in [0.25, 0.3) is 11.5 Å². The second-order valence-electron chi connectivity index (χ2n) is 9.25. The smallest absolute Gasteiger partial charge is 0.305 e. The van der Waals surface area contributed by atoms with E-state index in [1.807, 2.05) is 19.9 Å². The van der Waals surface area contributed by atoms with Gasteiger partial charge in [-0.2, -0.15) is 10.2 Å². The molecule has 0 radical (unpaired) electrons. The standard InChI is InChI=1S/C27H32N4O4/c1-17(2)34-24-13-10-18(15-19(24)16-28)27-30-26(31-35-27)22-8-6-7-21-20(22)11-12-23(21)29-14-5-4-9-25(32)33-3/h6-8,10,13,15,17,20,22-23,29H,4-5,9,11-12,14H2,1-3H3. The van der Waals surface area contributed by atoms with E-state index in [4.69, 9.17) is 19.0 Å². The summed E-state index contributed by atoms with van der Waals surface area (Å²) in [5, 5.41) is 17.5. The number of hydrogen-bond donors (Lipinski definition) is 1. The Hall–Kier alpha value is -3.44. The van der Waals surface area contributed by atoms with E-state index in [0.29, 0.717) is 47.0 Å². The third kappa shape index (κ3) is 5.80. The van der Waals surface area contributed by atoms with Gasteiger partial charge in [0.05, 0.1) is 18.8 Å². The van der Waals surface area contributed by atoms with Crippen LogP contribution in [0, 0.1) is 17.2 Å². The maximum Gasteiger partial charge on any atom is 0.305 e.